The van der Waals surface area contributed by atoms with Gasteiger partial charge >= 0.3 is 0 Å². The van der Waals surface area contributed by atoms with Crippen LogP contribution in [0.1, 0.15) is 31.1 Å². The molecule has 0 bridgehead atoms. The van der Waals surface area contributed by atoms with Gasteiger partial charge in [0.05, 0.1) is 20.8 Å². The molecule has 0 saturated carbocycles. The lowest BCUT2D eigenvalue weighted by atomic mass is 10.0. The monoisotopic (exact) mass is 324 g/mol. The van der Waals surface area contributed by atoms with Gasteiger partial charge in [0, 0.05) is 11.6 Å². The average molecular weight is 324 g/mol. The number of benzene rings is 1. The summed E-state index contributed by atoms with van der Waals surface area (Å²) < 4.78 is 10.3. The van der Waals surface area contributed by atoms with Crippen LogP contribution in [-0.2, 0) is 9.63 Å². The third kappa shape index (κ3) is 5.45. The van der Waals surface area contributed by atoms with Crippen molar-refractivity contribution in [2.24, 2.45) is 5.92 Å². The molecular weight excluding hydrogens is 300 g/mol. The molecule has 1 aromatic carbocycles. The van der Waals surface area contributed by atoms with Crippen molar-refractivity contribution < 1.29 is 23.9 Å². The number of hydroxylamine groups is 1. The summed E-state index contributed by atoms with van der Waals surface area (Å²) in [6.07, 6.45) is 0. The molecule has 23 heavy (non-hydrogen) atoms. The fourth-order valence-corrected chi connectivity index (χ4v) is 1.90. The summed E-state index contributed by atoms with van der Waals surface area (Å²) in [5.74, 6) is 0.0910. The van der Waals surface area contributed by atoms with Gasteiger partial charge in [0.25, 0.3) is 11.8 Å². The van der Waals surface area contributed by atoms with Crippen molar-refractivity contribution in [3.05, 3.63) is 23.8 Å². The molecule has 0 radical (unpaired) electrons. The first-order valence-electron chi connectivity index (χ1n) is 7.38. The van der Waals surface area contributed by atoms with E-state index in [9.17, 15) is 9.59 Å². The Hall–Kier alpha value is -2.28. The highest BCUT2D eigenvalue weighted by atomic mass is 16.6. The van der Waals surface area contributed by atoms with E-state index in [1.807, 2.05) is 13.8 Å². The van der Waals surface area contributed by atoms with Gasteiger partial charge in [-0.1, -0.05) is 13.8 Å². The summed E-state index contributed by atoms with van der Waals surface area (Å²) in [5, 5.41) is 2.70. The molecule has 0 heterocycles. The summed E-state index contributed by atoms with van der Waals surface area (Å²) in [4.78, 5) is 29.4. The summed E-state index contributed by atoms with van der Waals surface area (Å²) in [5.41, 5.74) is 2.66. The number of ether oxygens (including phenoxy) is 2. The van der Waals surface area contributed by atoms with E-state index >= 15 is 0 Å². The van der Waals surface area contributed by atoms with Crippen molar-refractivity contribution in [2.45, 2.75) is 26.8 Å². The first kappa shape index (κ1) is 18.8. The molecule has 1 atom stereocenters. The van der Waals surface area contributed by atoms with Crippen LogP contribution in [0.15, 0.2) is 18.2 Å². The smallest absolute Gasteiger partial charge is 0.266 e. The lowest BCUT2D eigenvalue weighted by Crippen LogP contribution is -2.49. The Morgan fingerprint density at radius 1 is 1.09 bits per heavy atom. The SMILES string of the molecule is CCONC(=O)C(NC(=O)c1cc(OC)cc(OC)c1)C(C)C. The third-order valence-electron chi connectivity index (χ3n) is 3.17. The minimum Gasteiger partial charge on any atom is -0.497 e. The van der Waals surface area contributed by atoms with Gasteiger partial charge in [-0.25, -0.2) is 5.48 Å². The van der Waals surface area contributed by atoms with E-state index in [4.69, 9.17) is 14.3 Å². The van der Waals surface area contributed by atoms with Crippen LogP contribution in [0.5, 0.6) is 11.5 Å². The summed E-state index contributed by atoms with van der Waals surface area (Å²) >= 11 is 0. The molecule has 2 amide bonds. The number of methoxy groups -OCH3 is 2. The van der Waals surface area contributed by atoms with Crippen LogP contribution in [0.4, 0.5) is 0 Å². The van der Waals surface area contributed by atoms with E-state index in [1.165, 1.54) is 14.2 Å². The number of hydrogen-bond donors (Lipinski definition) is 2. The zero-order valence-electron chi connectivity index (χ0n) is 14.1. The van der Waals surface area contributed by atoms with Gasteiger partial charge in [0.15, 0.2) is 0 Å². The largest absolute Gasteiger partial charge is 0.497 e. The van der Waals surface area contributed by atoms with E-state index in [-0.39, 0.29) is 5.92 Å². The summed E-state index contributed by atoms with van der Waals surface area (Å²) in [6.45, 7) is 5.77. The maximum atomic E-state index is 12.4. The van der Waals surface area contributed by atoms with E-state index in [2.05, 4.69) is 10.8 Å². The van der Waals surface area contributed by atoms with Crippen LogP contribution in [0.3, 0.4) is 0 Å². The molecule has 128 valence electrons. The predicted molar refractivity (Wildman–Crippen MR) is 85.4 cm³/mol. The molecule has 1 aromatic rings. The van der Waals surface area contributed by atoms with Gasteiger partial charge in [0.2, 0.25) is 0 Å². The molecule has 2 N–H and O–H groups in total. The summed E-state index contributed by atoms with van der Waals surface area (Å²) in [7, 11) is 3.01. The van der Waals surface area contributed by atoms with Crippen molar-refractivity contribution in [1.82, 2.24) is 10.8 Å². The van der Waals surface area contributed by atoms with Crippen molar-refractivity contribution in [3.63, 3.8) is 0 Å². The second-order valence-electron chi connectivity index (χ2n) is 5.20. The van der Waals surface area contributed by atoms with Gasteiger partial charge in [-0.3, -0.25) is 14.4 Å². The average Bonchev–Trinajstić information content (AvgIpc) is 2.56. The van der Waals surface area contributed by atoms with Crippen molar-refractivity contribution >= 4 is 11.8 Å². The minimum atomic E-state index is -0.716. The van der Waals surface area contributed by atoms with E-state index in [0.717, 1.165) is 0 Å². The van der Waals surface area contributed by atoms with E-state index in [0.29, 0.717) is 23.7 Å². The zero-order chi connectivity index (χ0) is 17.4. The Morgan fingerprint density at radius 3 is 2.09 bits per heavy atom. The first-order valence-corrected chi connectivity index (χ1v) is 7.38. The highest BCUT2D eigenvalue weighted by Crippen LogP contribution is 2.22. The second kappa shape index (κ2) is 8.99. The van der Waals surface area contributed by atoms with Crippen molar-refractivity contribution in [1.29, 1.82) is 0 Å². The number of carbonyl (C=O) groups excluding carboxylic acids is 2. The number of carbonyl (C=O) groups is 2. The fraction of sp³-hybridized carbons (Fsp3) is 0.500. The minimum absolute atomic E-state index is 0.105. The Balaban J connectivity index is 2.92. The topological polar surface area (TPSA) is 85.9 Å². The lowest BCUT2D eigenvalue weighted by molar-refractivity contribution is -0.136. The van der Waals surface area contributed by atoms with Crippen LogP contribution < -0.4 is 20.3 Å². The molecule has 0 saturated heterocycles. The lowest BCUT2D eigenvalue weighted by Gasteiger charge is -2.21. The number of nitrogens with one attached hydrogen (secondary N) is 2. The quantitative estimate of drug-likeness (QED) is 0.708. The molecule has 0 spiro atoms. The maximum Gasteiger partial charge on any atom is 0.266 e. The predicted octanol–water partition coefficient (Wildman–Crippen LogP) is 1.53. The number of amides is 2. The Labute approximate surface area is 136 Å². The zero-order valence-corrected chi connectivity index (χ0v) is 14.1. The highest BCUT2D eigenvalue weighted by molar-refractivity contribution is 5.98. The van der Waals surface area contributed by atoms with Gasteiger partial charge in [-0.2, -0.15) is 0 Å². The van der Waals surface area contributed by atoms with Crippen LogP contribution >= 0.6 is 0 Å². The van der Waals surface area contributed by atoms with Crippen LogP contribution in [0, 0.1) is 5.92 Å². The normalized spacial score (nSPS) is 11.7. The van der Waals surface area contributed by atoms with Crippen LogP contribution in [-0.4, -0.2) is 38.7 Å². The first-order chi connectivity index (χ1) is 10.9. The van der Waals surface area contributed by atoms with Crippen LogP contribution in [0.2, 0.25) is 0 Å². The van der Waals surface area contributed by atoms with Gasteiger partial charge in [0.1, 0.15) is 17.5 Å². The molecule has 7 nitrogen and oxygen atoms in total. The molecule has 0 aliphatic carbocycles. The second-order valence-corrected chi connectivity index (χ2v) is 5.20. The Bertz CT molecular complexity index is 523. The number of hydrogen-bond acceptors (Lipinski definition) is 5. The van der Waals surface area contributed by atoms with Gasteiger partial charge in [-0.15, -0.1) is 0 Å². The third-order valence-corrected chi connectivity index (χ3v) is 3.17. The molecule has 0 aromatic heterocycles. The number of rotatable bonds is 8. The molecule has 0 aliphatic heterocycles. The molecule has 0 aliphatic rings. The molecule has 1 unspecified atom stereocenters. The van der Waals surface area contributed by atoms with E-state index < -0.39 is 17.9 Å². The van der Waals surface area contributed by atoms with E-state index in [1.54, 1.807) is 25.1 Å². The Morgan fingerprint density at radius 2 is 1.65 bits per heavy atom. The molecule has 0 fully saturated rings. The fourth-order valence-electron chi connectivity index (χ4n) is 1.90. The van der Waals surface area contributed by atoms with Crippen molar-refractivity contribution in [3.8, 4) is 11.5 Å². The highest BCUT2D eigenvalue weighted by Gasteiger charge is 2.25. The van der Waals surface area contributed by atoms with Crippen molar-refractivity contribution in [2.75, 3.05) is 20.8 Å². The summed E-state index contributed by atoms with van der Waals surface area (Å²) in [6, 6.07) is 4.11. The van der Waals surface area contributed by atoms with Gasteiger partial charge in [-0.05, 0) is 25.0 Å². The maximum absolute atomic E-state index is 12.4. The molecule has 7 heteroatoms. The Kier molecular flexibility index (Phi) is 7.34. The standard InChI is InChI=1S/C16H24N2O5/c1-6-23-18-16(20)14(10(2)3)17-15(19)11-7-12(21-4)9-13(8-11)22-5/h7-10,14H,6H2,1-5H3,(H,17,19)(H,18,20). The molecular formula is C16H24N2O5. The molecule has 1 rings (SSSR count). The van der Waals surface area contributed by atoms with Gasteiger partial charge < -0.3 is 14.8 Å². The van der Waals surface area contributed by atoms with Crippen LogP contribution in [0.25, 0.3) is 0 Å².